The third kappa shape index (κ3) is 113. The average Bonchev–Trinajstić information content (AvgIpc) is 1.92. The standard InChI is InChI=1S/C4H9.Al.2HO2P/c1-3-4-2;;2*1-3-2/h1,3-4H2,2H3;;2*(H,1,2)/q;+2;;/p-2. The zero-order valence-electron chi connectivity index (χ0n) is 6.23. The number of hydrogen-bond donors (Lipinski definition) is 0. The smallest absolute Gasteiger partial charge is 0.0642 e. The molecule has 0 aromatic carbocycles. The van der Waals surface area contributed by atoms with Crippen molar-refractivity contribution in [2.75, 3.05) is 0 Å². The number of rotatable bonds is 2. The fraction of sp³-hybridized carbons (Fsp3) is 1.00. The Morgan fingerprint density at radius 1 is 1.27 bits per heavy atom. The quantitative estimate of drug-likeness (QED) is 0.490. The van der Waals surface area contributed by atoms with Crippen molar-refractivity contribution in [2.24, 2.45) is 0 Å². The van der Waals surface area contributed by atoms with Crippen LogP contribution in [-0.4, -0.2) is 16.3 Å². The van der Waals surface area contributed by atoms with Gasteiger partial charge in [-0.05, 0) is 0 Å². The molecule has 0 heterocycles. The summed E-state index contributed by atoms with van der Waals surface area (Å²) in [6, 6.07) is 0. The van der Waals surface area contributed by atoms with Gasteiger partial charge in [-0.2, -0.15) is 0 Å². The molecule has 0 saturated heterocycles. The van der Waals surface area contributed by atoms with E-state index in [1.54, 1.807) is 0 Å². The summed E-state index contributed by atoms with van der Waals surface area (Å²) < 4.78 is 16.7. The molecule has 0 aromatic rings. The zero-order chi connectivity index (χ0) is 9.54. The van der Waals surface area contributed by atoms with Crippen molar-refractivity contribution < 1.29 is 18.9 Å². The van der Waals surface area contributed by atoms with Crippen molar-refractivity contribution in [1.82, 2.24) is 0 Å². The van der Waals surface area contributed by atoms with Crippen molar-refractivity contribution in [1.29, 1.82) is 0 Å². The molecule has 0 aliphatic carbocycles. The fourth-order valence-electron chi connectivity index (χ4n) is 0.204. The molecule has 0 radical (unpaired) electrons. The minimum Gasteiger partial charge on any atom is -0.772 e. The minimum atomic E-state index is -1.08. The van der Waals surface area contributed by atoms with E-state index in [0.29, 0.717) is 0 Å². The summed E-state index contributed by atoms with van der Waals surface area (Å²) in [5.41, 5.74) is 0. The maximum atomic E-state index is 8.35. The molecule has 11 heavy (non-hydrogen) atoms. The molecule has 0 spiro atoms. The summed E-state index contributed by atoms with van der Waals surface area (Å²) in [4.78, 5) is 16.7. The van der Waals surface area contributed by atoms with Crippen LogP contribution in [0, 0.1) is 0 Å². The van der Waals surface area contributed by atoms with Crippen LogP contribution in [0.15, 0.2) is 0 Å². The van der Waals surface area contributed by atoms with Gasteiger partial charge < -0.3 is 9.79 Å². The first-order valence-electron chi connectivity index (χ1n) is 2.85. The van der Waals surface area contributed by atoms with Gasteiger partial charge in [0, 0.05) is 0 Å². The second-order valence-corrected chi connectivity index (χ2v) is 2.17. The summed E-state index contributed by atoms with van der Waals surface area (Å²) in [6.45, 7) is 2.20. The largest absolute Gasteiger partial charge is 0.772 e. The third-order valence-electron chi connectivity index (χ3n) is 0.558. The molecule has 0 rings (SSSR count). The summed E-state index contributed by atoms with van der Waals surface area (Å²) in [5.74, 6) is 0. The summed E-state index contributed by atoms with van der Waals surface area (Å²) >= 11 is 2.70. The molecule has 0 N–H and O–H groups in total. The van der Waals surface area contributed by atoms with Gasteiger partial charge in [-0.1, -0.05) is 0 Å². The molecule has 0 aliphatic rings. The van der Waals surface area contributed by atoms with Crippen LogP contribution >= 0.6 is 17.4 Å². The van der Waals surface area contributed by atoms with Crippen LogP contribution in [0.1, 0.15) is 19.8 Å². The summed E-state index contributed by atoms with van der Waals surface area (Å²) in [6.07, 6.45) is 2.67. The van der Waals surface area contributed by atoms with Gasteiger partial charge in [-0.25, -0.2) is 0 Å². The van der Waals surface area contributed by atoms with Gasteiger partial charge in [0.15, 0.2) is 0 Å². The van der Waals surface area contributed by atoms with Gasteiger partial charge in [0.1, 0.15) is 0 Å². The SMILES string of the molecule is CCC[CH2][Al+2].O=P[O-].O=P[O-]. The molecule has 62 valence electrons. The number of unbranched alkanes of at least 4 members (excludes halogenated alkanes) is 1. The molecule has 0 atom stereocenters. The van der Waals surface area contributed by atoms with E-state index in [9.17, 15) is 0 Å². The van der Waals surface area contributed by atoms with E-state index in [-0.39, 0.29) is 0 Å². The molecule has 7 heteroatoms. The van der Waals surface area contributed by atoms with E-state index in [1.807, 2.05) is 0 Å². The van der Waals surface area contributed by atoms with Gasteiger partial charge >= 0.3 is 41.3 Å². The van der Waals surface area contributed by atoms with Crippen LogP contribution in [0.3, 0.4) is 0 Å². The van der Waals surface area contributed by atoms with Crippen LogP contribution in [0.4, 0.5) is 0 Å². The Morgan fingerprint density at radius 3 is 1.55 bits per heavy atom. The first-order valence-corrected chi connectivity index (χ1v) is 5.12. The topological polar surface area (TPSA) is 80.3 Å². The van der Waals surface area contributed by atoms with E-state index in [0.717, 1.165) is 0 Å². The second-order valence-electron chi connectivity index (χ2n) is 1.29. The maximum absolute atomic E-state index is 8.35. The van der Waals surface area contributed by atoms with Crippen molar-refractivity contribution in [3.63, 3.8) is 0 Å². The Morgan fingerprint density at radius 2 is 1.55 bits per heavy atom. The first-order chi connectivity index (χ1) is 5.24. The van der Waals surface area contributed by atoms with Crippen molar-refractivity contribution >= 4 is 33.7 Å². The Kier molecular flexibility index (Phi) is 49.9. The van der Waals surface area contributed by atoms with Crippen LogP contribution in [0.5, 0.6) is 0 Å². The van der Waals surface area contributed by atoms with Gasteiger partial charge in [-0.15, -0.1) is 0 Å². The molecular formula is C4H9AlO4P2. The monoisotopic (exact) mass is 210 g/mol. The first kappa shape index (κ1) is 17.7. The van der Waals surface area contributed by atoms with Crippen LogP contribution in [0.25, 0.3) is 0 Å². The molecule has 0 unspecified atom stereocenters. The van der Waals surface area contributed by atoms with Crippen LogP contribution < -0.4 is 9.79 Å². The number of hydrogen-bond acceptors (Lipinski definition) is 4. The van der Waals surface area contributed by atoms with Gasteiger partial charge in [-0.3, -0.25) is 9.13 Å². The van der Waals surface area contributed by atoms with Gasteiger partial charge in [0.05, 0.1) is 17.4 Å². The Labute approximate surface area is 78.0 Å². The maximum Gasteiger partial charge on any atom is 0.0642 e. The summed E-state index contributed by atoms with van der Waals surface area (Å²) in [7, 11) is -2.17. The van der Waals surface area contributed by atoms with Gasteiger partial charge in [0.25, 0.3) is 0 Å². The molecule has 0 aromatic heterocycles. The molecule has 0 saturated carbocycles. The van der Waals surface area contributed by atoms with Crippen molar-refractivity contribution in [2.45, 2.75) is 25.0 Å². The van der Waals surface area contributed by atoms with E-state index >= 15 is 0 Å². The predicted octanol–water partition coefficient (Wildman–Crippen LogP) is 0.480. The van der Waals surface area contributed by atoms with E-state index in [1.165, 1.54) is 18.1 Å². The van der Waals surface area contributed by atoms with E-state index in [2.05, 4.69) is 23.2 Å². The Hall–Kier alpha value is 0.652. The third-order valence-corrected chi connectivity index (χ3v) is 0.966. The van der Waals surface area contributed by atoms with Crippen molar-refractivity contribution in [3.05, 3.63) is 0 Å². The fourth-order valence-corrected chi connectivity index (χ4v) is 0.612. The molecular weight excluding hydrogens is 201 g/mol. The Balaban J connectivity index is -0.0000000933. The summed E-state index contributed by atoms with van der Waals surface area (Å²) in [5, 5.41) is 1.26. The molecule has 0 amide bonds. The molecule has 0 fully saturated rings. The molecule has 4 nitrogen and oxygen atoms in total. The Bertz CT molecular complexity index is 65.1. The second kappa shape index (κ2) is 31.1. The van der Waals surface area contributed by atoms with Crippen LogP contribution in [-0.2, 0) is 9.13 Å². The van der Waals surface area contributed by atoms with E-state index in [4.69, 9.17) is 18.9 Å². The average molecular weight is 210 g/mol. The normalized spacial score (nSPS) is 7.73. The molecule has 0 bridgehead atoms. The van der Waals surface area contributed by atoms with E-state index < -0.39 is 17.4 Å². The minimum absolute atomic E-state index is 1.08. The zero-order valence-corrected chi connectivity index (χ0v) is 9.17. The molecule has 0 aliphatic heterocycles. The van der Waals surface area contributed by atoms with Crippen LogP contribution in [0.2, 0.25) is 5.28 Å². The predicted molar refractivity (Wildman–Crippen MR) is 40.7 cm³/mol. The van der Waals surface area contributed by atoms with Gasteiger partial charge in [0.2, 0.25) is 0 Å². The van der Waals surface area contributed by atoms with Crippen molar-refractivity contribution in [3.8, 4) is 0 Å².